The van der Waals surface area contributed by atoms with Crippen LogP contribution >= 0.6 is 7.92 Å². The summed E-state index contributed by atoms with van der Waals surface area (Å²) in [5.41, 5.74) is 6.28. The van der Waals surface area contributed by atoms with Gasteiger partial charge in [0.2, 0.25) is 0 Å². The molecule has 0 aliphatic heterocycles. The van der Waals surface area contributed by atoms with E-state index in [4.69, 9.17) is 0 Å². The molecule has 0 aliphatic rings. The van der Waals surface area contributed by atoms with E-state index >= 15 is 0 Å². The lowest BCUT2D eigenvalue weighted by Crippen LogP contribution is -3.00. The molecule has 0 amide bonds. The zero-order valence-electron chi connectivity index (χ0n) is 27.8. The van der Waals surface area contributed by atoms with Crippen molar-refractivity contribution in [3.63, 3.8) is 0 Å². The van der Waals surface area contributed by atoms with Gasteiger partial charge in [0.15, 0.2) is 0 Å². The van der Waals surface area contributed by atoms with E-state index in [2.05, 4.69) is 165 Å². The van der Waals surface area contributed by atoms with Gasteiger partial charge < -0.3 is 21.5 Å². The summed E-state index contributed by atoms with van der Waals surface area (Å²) < 4.78 is 0.845. The van der Waals surface area contributed by atoms with Crippen molar-refractivity contribution in [2.45, 2.75) is 13.5 Å². The maximum atomic E-state index is 4.05. The quantitative estimate of drug-likeness (QED) is 0.152. The summed E-state index contributed by atoms with van der Waals surface area (Å²) in [6.07, 6.45) is 7.04. The molecule has 0 saturated heterocycles. The van der Waals surface area contributed by atoms with Gasteiger partial charge in [-0.1, -0.05) is 115 Å². The van der Waals surface area contributed by atoms with Crippen LogP contribution in [-0.4, -0.2) is 35.6 Å². The van der Waals surface area contributed by atoms with Gasteiger partial charge in [-0.05, 0) is 72.7 Å². The Kier molecular flexibility index (Phi) is 13.4. The SMILES string of the molecule is Cc1c(C#Cc2ccncc2)cc(C[N+](C)(C)C)cc1C#Cc1ccncc1.[Br-].c1ccc(P(c2ccccc2)c2ccccc2)cc1. The van der Waals surface area contributed by atoms with Crippen molar-refractivity contribution in [3.05, 3.63) is 186 Å². The highest BCUT2D eigenvalue weighted by molar-refractivity contribution is 7.79. The zero-order chi connectivity index (χ0) is 32.9. The third-order valence-corrected chi connectivity index (χ3v) is 9.65. The first-order valence-corrected chi connectivity index (χ1v) is 16.9. The minimum atomic E-state index is -0.446. The van der Waals surface area contributed by atoms with Crippen LogP contribution in [0.2, 0.25) is 0 Å². The van der Waals surface area contributed by atoms with Crippen LogP contribution in [0.3, 0.4) is 0 Å². The van der Waals surface area contributed by atoms with Gasteiger partial charge in [0.05, 0.1) is 21.1 Å². The van der Waals surface area contributed by atoms with E-state index in [1.165, 1.54) is 21.5 Å². The second kappa shape index (κ2) is 17.9. The molecule has 238 valence electrons. The second-order valence-corrected chi connectivity index (χ2v) is 14.3. The Morgan fingerprint density at radius 2 is 0.875 bits per heavy atom. The minimum absolute atomic E-state index is 0. The first-order chi connectivity index (χ1) is 22.9. The van der Waals surface area contributed by atoms with E-state index in [-0.39, 0.29) is 17.0 Å². The molecule has 48 heavy (non-hydrogen) atoms. The van der Waals surface area contributed by atoms with Crippen molar-refractivity contribution in [3.8, 4) is 23.7 Å². The molecule has 0 radical (unpaired) electrons. The molecular formula is C43H39BrN3P. The number of aromatic nitrogens is 2. The highest BCUT2D eigenvalue weighted by atomic mass is 79.9. The van der Waals surface area contributed by atoms with Crippen molar-refractivity contribution in [2.75, 3.05) is 21.1 Å². The Bertz CT molecular complexity index is 1820. The van der Waals surface area contributed by atoms with Gasteiger partial charge in [-0.25, -0.2) is 0 Å². The number of benzene rings is 4. The van der Waals surface area contributed by atoms with Crippen molar-refractivity contribution in [1.29, 1.82) is 0 Å². The largest absolute Gasteiger partial charge is 1.00 e. The van der Waals surface area contributed by atoms with Gasteiger partial charge in [0.1, 0.15) is 6.54 Å². The Morgan fingerprint density at radius 3 is 1.21 bits per heavy atom. The van der Waals surface area contributed by atoms with Crippen molar-refractivity contribution >= 4 is 23.8 Å². The molecule has 6 rings (SSSR count). The molecule has 2 aromatic heterocycles. The molecule has 0 spiro atoms. The van der Waals surface area contributed by atoms with Gasteiger partial charge in [0, 0.05) is 52.6 Å². The van der Waals surface area contributed by atoms with Gasteiger partial charge in [0.25, 0.3) is 0 Å². The van der Waals surface area contributed by atoms with Gasteiger partial charge in [-0.3, -0.25) is 9.97 Å². The Labute approximate surface area is 297 Å². The molecule has 6 aromatic rings. The average Bonchev–Trinajstić information content (AvgIpc) is 3.10. The molecule has 0 bridgehead atoms. The molecule has 0 atom stereocenters. The summed E-state index contributed by atoms with van der Waals surface area (Å²) in [6, 6.07) is 44.4. The lowest BCUT2D eigenvalue weighted by atomic mass is 9.98. The highest BCUT2D eigenvalue weighted by Crippen LogP contribution is 2.32. The topological polar surface area (TPSA) is 25.8 Å². The number of hydrogen-bond donors (Lipinski definition) is 0. The molecule has 2 heterocycles. The molecule has 4 aromatic carbocycles. The Balaban J connectivity index is 0.000000227. The van der Waals surface area contributed by atoms with Crippen LogP contribution in [0.4, 0.5) is 0 Å². The number of pyridine rings is 2. The summed E-state index contributed by atoms with van der Waals surface area (Å²) in [5.74, 6) is 13.1. The van der Waals surface area contributed by atoms with Crippen molar-refractivity contribution < 1.29 is 21.5 Å². The fraction of sp³-hybridized carbons (Fsp3) is 0.116. The third kappa shape index (κ3) is 10.9. The zero-order valence-corrected chi connectivity index (χ0v) is 30.3. The van der Waals surface area contributed by atoms with Crippen LogP contribution in [0, 0.1) is 30.6 Å². The van der Waals surface area contributed by atoms with Crippen molar-refractivity contribution in [1.82, 2.24) is 9.97 Å². The molecule has 0 aliphatic carbocycles. The van der Waals surface area contributed by atoms with E-state index in [9.17, 15) is 0 Å². The maximum absolute atomic E-state index is 4.05. The Morgan fingerprint density at radius 1 is 0.521 bits per heavy atom. The highest BCUT2D eigenvalue weighted by Gasteiger charge is 2.15. The van der Waals surface area contributed by atoms with Gasteiger partial charge in [-0.2, -0.15) is 0 Å². The molecule has 0 unspecified atom stereocenters. The molecule has 0 N–H and O–H groups in total. The van der Waals surface area contributed by atoms with Crippen LogP contribution in [0.5, 0.6) is 0 Å². The summed E-state index contributed by atoms with van der Waals surface area (Å²) >= 11 is 0. The summed E-state index contributed by atoms with van der Waals surface area (Å²) in [4.78, 5) is 8.09. The first-order valence-electron chi connectivity index (χ1n) is 15.6. The van der Waals surface area contributed by atoms with Crippen molar-refractivity contribution in [2.24, 2.45) is 0 Å². The van der Waals surface area contributed by atoms with Gasteiger partial charge >= 0.3 is 0 Å². The smallest absolute Gasteiger partial charge is 0.104 e. The minimum Gasteiger partial charge on any atom is -1.00 e. The molecule has 0 saturated carbocycles. The fourth-order valence-electron chi connectivity index (χ4n) is 5.00. The molecule has 3 nitrogen and oxygen atoms in total. The first kappa shape index (κ1) is 36.0. The summed E-state index contributed by atoms with van der Waals surface area (Å²) in [7, 11) is 6.11. The average molecular weight is 709 g/mol. The Hall–Kier alpha value is -4.83. The second-order valence-electron chi connectivity index (χ2n) is 12.1. The van der Waals surface area contributed by atoms with Crippen LogP contribution in [0.25, 0.3) is 0 Å². The predicted molar refractivity (Wildman–Crippen MR) is 198 cm³/mol. The number of rotatable bonds is 5. The van der Waals surface area contributed by atoms with E-state index in [0.717, 1.165) is 38.8 Å². The standard InChI is InChI=1S/C25H24N3.C18H15P.BrH/c1-20-24(7-5-21-9-13-26-14-10-21)17-23(19-28(2,3)4)18-25(20)8-6-22-11-15-27-16-12-22;1-4-10-16(11-5-1)19(17-12-6-2-7-13-17)18-14-8-3-9-15-18;/h9-18H,19H2,1-4H3;1-15H;1H/q+1;;/p-1. The predicted octanol–water partition coefficient (Wildman–Crippen LogP) is 4.24. The molecular weight excluding hydrogens is 669 g/mol. The number of nitrogens with zero attached hydrogens (tertiary/aromatic N) is 3. The third-order valence-electron chi connectivity index (χ3n) is 7.21. The molecule has 5 heteroatoms. The van der Waals surface area contributed by atoms with E-state index in [0.29, 0.717) is 0 Å². The van der Waals surface area contributed by atoms with E-state index < -0.39 is 7.92 Å². The summed E-state index contributed by atoms with van der Waals surface area (Å²) in [5, 5.41) is 4.19. The van der Waals surface area contributed by atoms with Crippen LogP contribution < -0.4 is 32.9 Å². The van der Waals surface area contributed by atoms with Crippen LogP contribution in [0.1, 0.15) is 33.4 Å². The lowest BCUT2D eigenvalue weighted by Gasteiger charge is -2.24. The van der Waals surface area contributed by atoms with Crippen LogP contribution in [0.15, 0.2) is 152 Å². The number of halogens is 1. The fourth-order valence-corrected chi connectivity index (χ4v) is 7.31. The van der Waals surface area contributed by atoms with Crippen LogP contribution in [-0.2, 0) is 6.54 Å². The number of quaternary nitrogens is 1. The summed E-state index contributed by atoms with van der Waals surface area (Å²) in [6.45, 7) is 3.00. The van der Waals surface area contributed by atoms with E-state index in [1.807, 2.05) is 24.3 Å². The molecule has 0 fully saturated rings. The normalized spacial score (nSPS) is 10.3. The number of hydrogen-bond acceptors (Lipinski definition) is 2. The maximum Gasteiger partial charge on any atom is 0.104 e. The monoisotopic (exact) mass is 707 g/mol. The lowest BCUT2D eigenvalue weighted by molar-refractivity contribution is -0.884. The van der Waals surface area contributed by atoms with Gasteiger partial charge in [-0.15, -0.1) is 0 Å². The van der Waals surface area contributed by atoms with E-state index in [1.54, 1.807) is 24.8 Å².